The fourth-order valence-corrected chi connectivity index (χ4v) is 5.54. The van der Waals surface area contributed by atoms with Crippen LogP contribution in [-0.2, 0) is 4.79 Å². The van der Waals surface area contributed by atoms with Crippen molar-refractivity contribution in [3.05, 3.63) is 58.4 Å². The third-order valence-electron chi connectivity index (χ3n) is 6.29. The van der Waals surface area contributed by atoms with Gasteiger partial charge in [0.25, 0.3) is 0 Å². The van der Waals surface area contributed by atoms with Gasteiger partial charge in [-0.3, -0.25) is 14.9 Å². The van der Waals surface area contributed by atoms with Crippen molar-refractivity contribution in [1.29, 1.82) is 0 Å². The molecule has 4 aromatic heterocycles. The highest BCUT2D eigenvalue weighted by Crippen LogP contribution is 2.38. The summed E-state index contributed by atoms with van der Waals surface area (Å²) >= 11 is 7.01. The summed E-state index contributed by atoms with van der Waals surface area (Å²) in [6.07, 6.45) is 9.30. The first-order valence-electron chi connectivity index (χ1n) is 11.8. The molecule has 0 spiro atoms. The molecule has 1 fully saturated rings. The summed E-state index contributed by atoms with van der Waals surface area (Å²) in [6, 6.07) is 9.39. The number of halogens is 1. The third-order valence-corrected chi connectivity index (χ3v) is 7.32. The van der Waals surface area contributed by atoms with E-state index in [9.17, 15) is 9.90 Å². The van der Waals surface area contributed by atoms with Gasteiger partial charge in [0.15, 0.2) is 5.82 Å². The molecule has 1 aliphatic rings. The zero-order valence-electron chi connectivity index (χ0n) is 20.0. The largest absolute Gasteiger partial charge is 0.507 e. The number of phenols is 1. The molecule has 1 amide bonds. The molecule has 3 N–H and O–H groups in total. The number of aryl methyl sites for hydroxylation is 1. The number of hydrogen-bond acceptors (Lipinski definition) is 8. The van der Waals surface area contributed by atoms with E-state index in [4.69, 9.17) is 16.6 Å². The van der Waals surface area contributed by atoms with Gasteiger partial charge in [0.2, 0.25) is 6.41 Å². The molecule has 0 radical (unpaired) electrons. The maximum atomic E-state index is 11.0. The first-order chi connectivity index (χ1) is 18.0. The highest BCUT2D eigenvalue weighted by Gasteiger charge is 2.28. The van der Waals surface area contributed by atoms with Crippen molar-refractivity contribution in [1.82, 2.24) is 40.0 Å². The minimum Gasteiger partial charge on any atom is -0.507 e. The molecule has 0 saturated heterocycles. The summed E-state index contributed by atoms with van der Waals surface area (Å²) in [5.74, 6) is 1.45. The van der Waals surface area contributed by atoms with E-state index in [1.165, 1.54) is 17.7 Å². The number of nitrogens with zero attached hydrogens (tertiary/aromatic N) is 6. The van der Waals surface area contributed by atoms with Crippen LogP contribution in [0.15, 0.2) is 49.1 Å². The number of nitrogens with one attached hydrogen (secondary N) is 2. The number of pyridine rings is 1. The average Bonchev–Trinajstić information content (AvgIpc) is 3.65. The van der Waals surface area contributed by atoms with E-state index >= 15 is 0 Å². The molecular weight excluding hydrogens is 512 g/mol. The number of thiazole rings is 1. The summed E-state index contributed by atoms with van der Waals surface area (Å²) in [5.41, 5.74) is 2.98. The molecule has 2 atom stereocenters. The zero-order chi connectivity index (χ0) is 25.8. The van der Waals surface area contributed by atoms with Crippen molar-refractivity contribution in [2.75, 3.05) is 0 Å². The monoisotopic (exact) mass is 536 g/mol. The number of H-pyrrole nitrogens is 1. The maximum Gasteiger partial charge on any atom is 0.207 e. The van der Waals surface area contributed by atoms with Gasteiger partial charge in [-0.1, -0.05) is 23.7 Å². The van der Waals surface area contributed by atoms with Crippen LogP contribution < -0.4 is 5.32 Å². The lowest BCUT2D eigenvalue weighted by Crippen LogP contribution is -2.34. The topological polar surface area (TPSA) is 134 Å². The fourth-order valence-electron chi connectivity index (χ4n) is 4.66. The molecule has 4 heterocycles. The van der Waals surface area contributed by atoms with E-state index in [2.05, 4.69) is 35.0 Å². The Morgan fingerprint density at radius 1 is 1.22 bits per heavy atom. The molecule has 37 heavy (non-hydrogen) atoms. The number of rotatable bonds is 5. The van der Waals surface area contributed by atoms with Crippen molar-refractivity contribution in [3.63, 3.8) is 0 Å². The van der Waals surface area contributed by atoms with Gasteiger partial charge in [-0.2, -0.15) is 5.10 Å². The highest BCUT2D eigenvalue weighted by atomic mass is 35.5. The lowest BCUT2D eigenvalue weighted by atomic mass is 9.90. The maximum absolute atomic E-state index is 11.0. The number of aromatic nitrogens is 7. The van der Waals surface area contributed by atoms with Crippen molar-refractivity contribution in [2.24, 2.45) is 0 Å². The normalized spacial score (nSPS) is 17.2. The second-order valence-electron chi connectivity index (χ2n) is 8.70. The number of aromatic amines is 1. The van der Waals surface area contributed by atoms with Gasteiger partial charge in [0, 0.05) is 12.1 Å². The van der Waals surface area contributed by atoms with Crippen LogP contribution in [-0.4, -0.2) is 52.3 Å². The van der Waals surface area contributed by atoms with E-state index in [0.29, 0.717) is 22.9 Å². The van der Waals surface area contributed by atoms with E-state index in [0.717, 1.165) is 52.5 Å². The SMILES string of the molecule is Cc1ncc(Cl)s1.O=CNC1CCCC(n2c(-c3ccccc3O)nc3cnc(-c4ncn[nH]4)cc32)C1. The van der Waals surface area contributed by atoms with Crippen LogP contribution in [0.5, 0.6) is 5.75 Å². The van der Waals surface area contributed by atoms with Crippen LogP contribution in [0.3, 0.4) is 0 Å². The Morgan fingerprint density at radius 2 is 2.08 bits per heavy atom. The number of aromatic hydroxyl groups is 1. The molecule has 190 valence electrons. The van der Waals surface area contributed by atoms with E-state index in [-0.39, 0.29) is 17.8 Å². The summed E-state index contributed by atoms with van der Waals surface area (Å²) in [5, 5.41) is 21.2. The summed E-state index contributed by atoms with van der Waals surface area (Å²) in [4.78, 5) is 28.4. The van der Waals surface area contributed by atoms with Gasteiger partial charge >= 0.3 is 0 Å². The summed E-state index contributed by atoms with van der Waals surface area (Å²) in [7, 11) is 0. The summed E-state index contributed by atoms with van der Waals surface area (Å²) < 4.78 is 2.93. The predicted octanol–water partition coefficient (Wildman–Crippen LogP) is 4.92. The number of amides is 1. The number of hydrogen-bond donors (Lipinski definition) is 3. The highest BCUT2D eigenvalue weighted by molar-refractivity contribution is 7.15. The van der Waals surface area contributed by atoms with Crippen molar-refractivity contribution in [3.8, 4) is 28.7 Å². The van der Waals surface area contributed by atoms with Crippen molar-refractivity contribution < 1.29 is 9.90 Å². The number of phenolic OH excluding ortho intramolecular Hbond substituents is 1. The van der Waals surface area contributed by atoms with Gasteiger partial charge < -0.3 is 15.0 Å². The smallest absolute Gasteiger partial charge is 0.207 e. The molecule has 10 nitrogen and oxygen atoms in total. The Kier molecular flexibility index (Phi) is 7.42. The number of para-hydroxylation sites is 1. The Balaban J connectivity index is 0.000000348. The minimum absolute atomic E-state index is 0.117. The first-order valence-corrected chi connectivity index (χ1v) is 13.0. The van der Waals surface area contributed by atoms with Crippen LogP contribution in [0.4, 0.5) is 0 Å². The first kappa shape index (κ1) is 24.8. The lowest BCUT2D eigenvalue weighted by Gasteiger charge is -2.31. The summed E-state index contributed by atoms with van der Waals surface area (Å²) in [6.45, 7) is 1.93. The fraction of sp³-hybridized carbons (Fsp3) is 0.280. The number of carbonyl (C=O) groups excluding carboxylic acids is 1. The zero-order valence-corrected chi connectivity index (χ0v) is 21.6. The average molecular weight is 537 g/mol. The van der Waals surface area contributed by atoms with Gasteiger partial charge in [-0.25, -0.2) is 15.0 Å². The van der Waals surface area contributed by atoms with E-state index in [1.807, 2.05) is 25.1 Å². The number of imidazole rings is 1. The van der Waals surface area contributed by atoms with Crippen molar-refractivity contribution in [2.45, 2.75) is 44.7 Å². The molecule has 1 aromatic carbocycles. The molecule has 12 heteroatoms. The lowest BCUT2D eigenvalue weighted by molar-refractivity contribution is -0.110. The Hall–Kier alpha value is -3.83. The Labute approximate surface area is 221 Å². The quantitative estimate of drug-likeness (QED) is 0.271. The molecule has 2 unspecified atom stereocenters. The second-order valence-corrected chi connectivity index (χ2v) is 10.6. The van der Waals surface area contributed by atoms with Crippen LogP contribution >= 0.6 is 22.9 Å². The third kappa shape index (κ3) is 5.47. The predicted molar refractivity (Wildman–Crippen MR) is 142 cm³/mol. The van der Waals surface area contributed by atoms with E-state index < -0.39 is 0 Å². The van der Waals surface area contributed by atoms with Crippen LogP contribution in [0.2, 0.25) is 4.34 Å². The Bertz CT molecular complexity index is 1480. The van der Waals surface area contributed by atoms with Crippen LogP contribution in [0, 0.1) is 6.92 Å². The Morgan fingerprint density at radius 3 is 2.76 bits per heavy atom. The minimum atomic E-state index is 0.117. The van der Waals surface area contributed by atoms with E-state index in [1.54, 1.807) is 24.5 Å². The molecule has 5 aromatic rings. The molecular formula is C25H25ClN8O2S. The van der Waals surface area contributed by atoms with Crippen LogP contribution in [0.1, 0.15) is 36.7 Å². The van der Waals surface area contributed by atoms with Crippen molar-refractivity contribution >= 4 is 40.4 Å². The number of benzene rings is 1. The van der Waals surface area contributed by atoms with Gasteiger partial charge in [0.1, 0.15) is 33.4 Å². The van der Waals surface area contributed by atoms with Gasteiger partial charge in [0.05, 0.1) is 28.5 Å². The van der Waals surface area contributed by atoms with Gasteiger partial charge in [-0.05, 0) is 50.8 Å². The standard InChI is InChI=1S/C21H21N7O2.C4H4ClNS/c29-12-24-13-4-3-5-14(8-13)28-18-9-16(20-23-11-25-27-20)22-10-17(18)26-21(28)15-6-1-2-7-19(15)30;1-3-6-2-4(5)7-3/h1-2,6-7,9-14,30H,3-5,8H2,(H,24,29)(H,23,25,27);2H,1H3. The molecule has 1 aliphatic carbocycles. The molecule has 1 saturated carbocycles. The molecule has 0 bridgehead atoms. The van der Waals surface area contributed by atoms with Crippen LogP contribution in [0.25, 0.3) is 33.9 Å². The van der Waals surface area contributed by atoms with Gasteiger partial charge in [-0.15, -0.1) is 11.3 Å². The number of fused-ring (bicyclic) bond motifs is 1. The molecule has 0 aliphatic heterocycles. The molecule has 6 rings (SSSR count). The number of carbonyl (C=O) groups is 1. The second kappa shape index (κ2) is 11.1.